The minimum Gasteiger partial charge on any atom is -0.369 e. The van der Waals surface area contributed by atoms with Crippen LogP contribution in [0.5, 0.6) is 0 Å². The summed E-state index contributed by atoms with van der Waals surface area (Å²) in [7, 11) is 0. The van der Waals surface area contributed by atoms with E-state index in [0.29, 0.717) is 11.1 Å². The summed E-state index contributed by atoms with van der Waals surface area (Å²) in [4.78, 5) is 15.8. The van der Waals surface area contributed by atoms with E-state index in [4.69, 9.17) is 17.3 Å². The Kier molecular flexibility index (Phi) is 4.01. The number of nitrogens with two attached hydrogens (primary N) is 1. The van der Waals surface area contributed by atoms with Crippen LogP contribution < -0.4 is 5.73 Å². The molecule has 2 aromatic heterocycles. The van der Waals surface area contributed by atoms with E-state index in [9.17, 15) is 18.0 Å². The van der Waals surface area contributed by atoms with Crippen LogP contribution in [-0.2, 0) is 11.0 Å². The lowest BCUT2D eigenvalue weighted by atomic mass is 10.0. The number of hydrogen-bond donors (Lipinski definition) is 1. The van der Waals surface area contributed by atoms with Gasteiger partial charge < -0.3 is 5.73 Å². The summed E-state index contributed by atoms with van der Waals surface area (Å²) in [6, 6.07) is 4.09. The number of thiophene rings is 1. The molecule has 0 saturated heterocycles. The lowest BCUT2D eigenvalue weighted by Gasteiger charge is -2.14. The van der Waals surface area contributed by atoms with Crippen LogP contribution in [0.4, 0.5) is 13.2 Å². The van der Waals surface area contributed by atoms with Crippen molar-refractivity contribution in [3.05, 3.63) is 50.9 Å². The van der Waals surface area contributed by atoms with E-state index in [-0.39, 0.29) is 10.7 Å². The highest BCUT2D eigenvalue weighted by Gasteiger charge is 2.33. The third-order valence-electron chi connectivity index (χ3n) is 2.58. The average molecular weight is 321 g/mol. The molecule has 3 nitrogen and oxygen atoms in total. The van der Waals surface area contributed by atoms with E-state index in [0.717, 1.165) is 6.07 Å². The van der Waals surface area contributed by atoms with Gasteiger partial charge in [0.05, 0.1) is 16.3 Å². The van der Waals surface area contributed by atoms with Crippen molar-refractivity contribution in [3.63, 3.8) is 0 Å². The number of carbonyl (C=O) groups excluding carboxylic acids is 1. The van der Waals surface area contributed by atoms with E-state index >= 15 is 0 Å². The first kappa shape index (κ1) is 14.8. The van der Waals surface area contributed by atoms with E-state index in [1.807, 2.05) is 0 Å². The van der Waals surface area contributed by atoms with Gasteiger partial charge in [-0.15, -0.1) is 11.3 Å². The molecule has 0 aliphatic rings. The molecule has 0 aromatic carbocycles. The fourth-order valence-corrected chi connectivity index (χ4v) is 2.79. The van der Waals surface area contributed by atoms with Gasteiger partial charge in [0, 0.05) is 11.1 Å². The Hall–Kier alpha value is -1.60. The van der Waals surface area contributed by atoms with Gasteiger partial charge in [-0.1, -0.05) is 17.7 Å². The van der Waals surface area contributed by atoms with Crippen LogP contribution in [0.2, 0.25) is 5.02 Å². The number of nitrogens with zero attached hydrogens (tertiary/aromatic N) is 1. The minimum atomic E-state index is -4.54. The molecule has 20 heavy (non-hydrogen) atoms. The molecule has 2 heterocycles. The zero-order valence-corrected chi connectivity index (χ0v) is 11.4. The van der Waals surface area contributed by atoms with Crippen molar-refractivity contribution >= 4 is 28.8 Å². The van der Waals surface area contributed by atoms with E-state index in [2.05, 4.69) is 4.98 Å². The molecule has 0 spiro atoms. The van der Waals surface area contributed by atoms with Gasteiger partial charge in [0.1, 0.15) is 5.92 Å². The Morgan fingerprint density at radius 1 is 1.45 bits per heavy atom. The molecule has 1 atom stereocenters. The number of alkyl halides is 3. The lowest BCUT2D eigenvalue weighted by Crippen LogP contribution is -2.23. The zero-order valence-electron chi connectivity index (χ0n) is 9.82. The number of halogens is 4. The second kappa shape index (κ2) is 5.41. The first-order valence-electron chi connectivity index (χ1n) is 5.36. The first-order valence-corrected chi connectivity index (χ1v) is 6.62. The summed E-state index contributed by atoms with van der Waals surface area (Å²) in [5.74, 6) is -1.67. The van der Waals surface area contributed by atoms with Crippen molar-refractivity contribution < 1.29 is 18.0 Å². The monoisotopic (exact) mass is 320 g/mol. The Morgan fingerprint density at radius 2 is 2.15 bits per heavy atom. The van der Waals surface area contributed by atoms with Crippen LogP contribution >= 0.6 is 22.9 Å². The number of hydrogen-bond acceptors (Lipinski definition) is 3. The highest BCUT2D eigenvalue weighted by atomic mass is 35.5. The number of amides is 1. The largest absolute Gasteiger partial charge is 0.417 e. The normalized spacial score (nSPS) is 13.2. The number of aromatic nitrogens is 1. The van der Waals surface area contributed by atoms with Gasteiger partial charge >= 0.3 is 6.18 Å². The molecule has 8 heteroatoms. The van der Waals surface area contributed by atoms with Crippen LogP contribution in [0.1, 0.15) is 22.1 Å². The summed E-state index contributed by atoms with van der Waals surface area (Å²) in [5.41, 5.74) is 4.35. The molecule has 1 amide bonds. The fraction of sp³-hybridized carbons (Fsp3) is 0.167. The third-order valence-corrected chi connectivity index (χ3v) is 3.82. The van der Waals surface area contributed by atoms with Crippen molar-refractivity contribution in [2.24, 2.45) is 5.73 Å². The van der Waals surface area contributed by atoms with Gasteiger partial charge in [0.25, 0.3) is 0 Å². The van der Waals surface area contributed by atoms with Crippen molar-refractivity contribution in [1.29, 1.82) is 0 Å². The van der Waals surface area contributed by atoms with Crippen molar-refractivity contribution in [3.8, 4) is 0 Å². The second-order valence-electron chi connectivity index (χ2n) is 3.94. The van der Waals surface area contributed by atoms with Gasteiger partial charge in [-0.05, 0) is 17.5 Å². The molecule has 0 saturated carbocycles. The standard InChI is InChI=1S/C12H8ClF3N2OS/c13-7-4-6(12(14,15)16)5-18-10(7)9(11(17)19)8-2-1-3-20-8/h1-5,9H,(H2,17,19)/t9-/m0/s1. The highest BCUT2D eigenvalue weighted by Crippen LogP contribution is 2.35. The first-order chi connectivity index (χ1) is 9.30. The maximum Gasteiger partial charge on any atom is 0.417 e. The van der Waals surface area contributed by atoms with Crippen LogP contribution in [0.3, 0.4) is 0 Å². The Labute approximate surface area is 121 Å². The summed E-state index contributed by atoms with van der Waals surface area (Å²) in [6.07, 6.45) is -3.90. The molecule has 0 fully saturated rings. The summed E-state index contributed by atoms with van der Waals surface area (Å²) in [5, 5.41) is 1.49. The maximum atomic E-state index is 12.5. The highest BCUT2D eigenvalue weighted by molar-refractivity contribution is 7.10. The lowest BCUT2D eigenvalue weighted by molar-refractivity contribution is -0.137. The van der Waals surface area contributed by atoms with Gasteiger partial charge in [-0.2, -0.15) is 13.2 Å². The van der Waals surface area contributed by atoms with Crippen molar-refractivity contribution in [2.45, 2.75) is 12.1 Å². The van der Waals surface area contributed by atoms with Crippen LogP contribution in [0.15, 0.2) is 29.8 Å². The minimum absolute atomic E-state index is 0.0228. The summed E-state index contributed by atoms with van der Waals surface area (Å²) in [6.45, 7) is 0. The van der Waals surface area contributed by atoms with E-state index in [1.54, 1.807) is 17.5 Å². The predicted molar refractivity (Wildman–Crippen MR) is 69.6 cm³/mol. The maximum absolute atomic E-state index is 12.5. The molecule has 0 aliphatic carbocycles. The van der Waals surface area contributed by atoms with Crippen LogP contribution in [0, 0.1) is 0 Å². The van der Waals surface area contributed by atoms with Crippen LogP contribution in [0.25, 0.3) is 0 Å². The molecular weight excluding hydrogens is 313 g/mol. The zero-order chi connectivity index (χ0) is 14.9. The quantitative estimate of drug-likeness (QED) is 0.942. The Bertz CT molecular complexity index is 628. The number of primary amides is 1. The van der Waals surface area contributed by atoms with Crippen molar-refractivity contribution in [2.75, 3.05) is 0 Å². The molecule has 106 valence electrons. The molecule has 0 radical (unpaired) electrons. The van der Waals surface area contributed by atoms with Crippen LogP contribution in [-0.4, -0.2) is 10.9 Å². The molecule has 0 unspecified atom stereocenters. The second-order valence-corrected chi connectivity index (χ2v) is 5.33. The topological polar surface area (TPSA) is 56.0 Å². The summed E-state index contributed by atoms with van der Waals surface area (Å²) >= 11 is 7.08. The number of carbonyl (C=O) groups is 1. The number of pyridine rings is 1. The van der Waals surface area contributed by atoms with Gasteiger partial charge in [-0.25, -0.2) is 0 Å². The summed E-state index contributed by atoms with van der Waals surface area (Å²) < 4.78 is 37.6. The number of rotatable bonds is 3. The smallest absolute Gasteiger partial charge is 0.369 e. The SMILES string of the molecule is NC(=O)[C@@H](c1cccs1)c1ncc(C(F)(F)F)cc1Cl. The predicted octanol–water partition coefficient (Wildman–Crippen LogP) is 3.43. The molecule has 2 rings (SSSR count). The molecule has 0 aliphatic heterocycles. The molecule has 0 bridgehead atoms. The molecular formula is C12H8ClF3N2OS. The van der Waals surface area contributed by atoms with E-state index in [1.165, 1.54) is 11.3 Å². The van der Waals surface area contributed by atoms with Gasteiger partial charge in [0.2, 0.25) is 5.91 Å². The van der Waals surface area contributed by atoms with Gasteiger partial charge in [0.15, 0.2) is 0 Å². The average Bonchev–Trinajstić information content (AvgIpc) is 2.83. The Balaban J connectivity index is 2.48. The molecule has 2 aromatic rings. The van der Waals surface area contributed by atoms with Crippen molar-refractivity contribution in [1.82, 2.24) is 4.98 Å². The fourth-order valence-electron chi connectivity index (χ4n) is 1.68. The van der Waals surface area contributed by atoms with E-state index < -0.39 is 23.6 Å². The third kappa shape index (κ3) is 2.94. The Morgan fingerprint density at radius 3 is 2.60 bits per heavy atom. The van der Waals surface area contributed by atoms with Gasteiger partial charge in [-0.3, -0.25) is 9.78 Å². The molecule has 2 N–H and O–H groups in total.